The Morgan fingerprint density at radius 1 is 1.17 bits per heavy atom. The molecule has 2 saturated carbocycles. The van der Waals surface area contributed by atoms with Crippen LogP contribution in [0, 0.1) is 35.0 Å². The molecule has 2 aromatic heterocycles. The number of hydrogen-bond donors (Lipinski definition) is 3. The van der Waals surface area contributed by atoms with Crippen molar-refractivity contribution in [3.8, 4) is 21.6 Å². The number of nitrogens with one attached hydrogen (secondary N) is 1. The zero-order valence-corrected chi connectivity index (χ0v) is 22.4. The fourth-order valence-electron chi connectivity index (χ4n) is 6.27. The van der Waals surface area contributed by atoms with Crippen LogP contribution in [-0.4, -0.2) is 37.0 Å². The average molecular weight is 512 g/mol. The molecule has 35 heavy (non-hydrogen) atoms. The van der Waals surface area contributed by atoms with Crippen LogP contribution in [0.3, 0.4) is 0 Å². The first-order chi connectivity index (χ1) is 17.0. The first-order valence-electron chi connectivity index (χ1n) is 12.7. The number of nitrogens with two attached hydrogens (primary N) is 1. The van der Waals surface area contributed by atoms with E-state index in [4.69, 9.17) is 5.73 Å². The van der Waals surface area contributed by atoms with Crippen LogP contribution in [0.15, 0.2) is 29.3 Å². The number of aliphatic hydroxyl groups excluding tert-OH is 1. The van der Waals surface area contributed by atoms with Crippen molar-refractivity contribution >= 4 is 34.4 Å². The number of carbonyl (C=O) groups excluding carboxylic acids is 1. The normalized spacial score (nSPS) is 26.5. The summed E-state index contributed by atoms with van der Waals surface area (Å²) in [7, 11) is 1.70. The monoisotopic (exact) mass is 511 g/mol. The number of nitrogens with zero attached hydrogens (tertiary/aromatic N) is 1. The third kappa shape index (κ3) is 5.99. The topological polar surface area (TPSA) is 87.7 Å². The number of aliphatic imine (C=N–C) groups is 1. The smallest absolute Gasteiger partial charge is 0.188 e. The maximum Gasteiger partial charge on any atom is 0.188 e. The molecule has 188 valence electrons. The van der Waals surface area contributed by atoms with Crippen molar-refractivity contribution in [1.82, 2.24) is 5.32 Å². The van der Waals surface area contributed by atoms with Gasteiger partial charge in [0.2, 0.25) is 0 Å². The fourth-order valence-corrected chi connectivity index (χ4v) is 8.27. The van der Waals surface area contributed by atoms with Crippen LogP contribution in [0.5, 0.6) is 0 Å². The van der Waals surface area contributed by atoms with Gasteiger partial charge in [-0.2, -0.15) is 0 Å². The number of thiophene rings is 2. The molecule has 2 heterocycles. The highest BCUT2D eigenvalue weighted by Crippen LogP contribution is 2.57. The molecule has 0 amide bonds. The van der Waals surface area contributed by atoms with Crippen molar-refractivity contribution in [1.29, 1.82) is 0 Å². The predicted molar refractivity (Wildman–Crippen MR) is 147 cm³/mol. The predicted octanol–water partition coefficient (Wildman–Crippen LogP) is 5.54. The number of guanidine groups is 1. The lowest BCUT2D eigenvalue weighted by atomic mass is 9.60. The van der Waals surface area contributed by atoms with E-state index < -0.39 is 0 Å². The highest BCUT2D eigenvalue weighted by molar-refractivity contribution is 7.23. The van der Waals surface area contributed by atoms with Crippen molar-refractivity contribution in [2.75, 3.05) is 20.2 Å². The van der Waals surface area contributed by atoms with E-state index in [-0.39, 0.29) is 17.9 Å². The molecule has 2 fully saturated rings. The van der Waals surface area contributed by atoms with Crippen molar-refractivity contribution in [3.63, 3.8) is 0 Å². The molecule has 2 aliphatic carbocycles. The van der Waals surface area contributed by atoms with E-state index in [1.54, 1.807) is 29.7 Å². The lowest BCUT2D eigenvalue weighted by Gasteiger charge is -2.44. The summed E-state index contributed by atoms with van der Waals surface area (Å²) in [5.74, 6) is 8.08. The quantitative estimate of drug-likeness (QED) is 0.188. The molecule has 7 heteroatoms. The molecule has 0 saturated heterocycles. The number of hydrogen-bond acceptors (Lipinski definition) is 5. The average Bonchev–Trinajstić information content (AvgIpc) is 3.61. The third-order valence-corrected chi connectivity index (χ3v) is 10.2. The van der Waals surface area contributed by atoms with Crippen LogP contribution >= 0.6 is 22.7 Å². The molecule has 4 rings (SSSR count). The van der Waals surface area contributed by atoms with Crippen molar-refractivity contribution < 1.29 is 9.90 Å². The van der Waals surface area contributed by atoms with Crippen molar-refractivity contribution in [2.45, 2.75) is 58.3 Å². The Morgan fingerprint density at radius 2 is 1.94 bits per heavy atom. The van der Waals surface area contributed by atoms with Gasteiger partial charge in [-0.15, -0.1) is 28.6 Å². The minimum absolute atomic E-state index is 0.0525. The van der Waals surface area contributed by atoms with Gasteiger partial charge in [0.15, 0.2) is 11.7 Å². The molecular weight excluding hydrogens is 474 g/mol. The molecule has 2 aromatic rings. The Hall–Kier alpha value is -2.14. The molecule has 0 aromatic carbocycles. The van der Waals surface area contributed by atoms with Crippen LogP contribution in [0.25, 0.3) is 9.75 Å². The Bertz CT molecular complexity index is 1110. The van der Waals surface area contributed by atoms with Gasteiger partial charge in [0.25, 0.3) is 0 Å². The zero-order chi connectivity index (χ0) is 24.8. The number of ketones is 1. The molecule has 0 radical (unpaired) electrons. The second-order valence-corrected chi connectivity index (χ2v) is 12.3. The number of carbonyl (C=O) groups is 1. The van der Waals surface area contributed by atoms with Gasteiger partial charge < -0.3 is 16.2 Å². The van der Waals surface area contributed by atoms with E-state index >= 15 is 0 Å². The van der Waals surface area contributed by atoms with Gasteiger partial charge in [0, 0.05) is 35.9 Å². The largest absolute Gasteiger partial charge is 0.396 e. The molecule has 0 bridgehead atoms. The highest BCUT2D eigenvalue weighted by atomic mass is 32.1. The molecule has 5 nitrogen and oxygen atoms in total. The molecular formula is C28H37N3O2S2. The summed E-state index contributed by atoms with van der Waals surface area (Å²) in [5, 5.41) is 12.6. The Labute approximate surface area is 217 Å². The second-order valence-electron chi connectivity index (χ2n) is 10.1. The lowest BCUT2D eigenvalue weighted by Crippen LogP contribution is -2.44. The summed E-state index contributed by atoms with van der Waals surface area (Å²) in [4.78, 5) is 22.3. The Balaban J connectivity index is 1.53. The minimum atomic E-state index is 0.0525. The van der Waals surface area contributed by atoms with Gasteiger partial charge in [-0.05, 0) is 99.8 Å². The van der Waals surface area contributed by atoms with E-state index in [1.807, 2.05) is 13.0 Å². The highest BCUT2D eigenvalue weighted by Gasteiger charge is 2.51. The summed E-state index contributed by atoms with van der Waals surface area (Å²) in [6, 6.07) is 8.30. The fraction of sp³-hybridized carbons (Fsp3) is 0.571. The van der Waals surface area contributed by atoms with Gasteiger partial charge in [0.1, 0.15) is 0 Å². The number of aliphatic hydroxyl groups is 1. The van der Waals surface area contributed by atoms with Crippen LogP contribution in [0.4, 0.5) is 0 Å². The van der Waals surface area contributed by atoms with Crippen LogP contribution in [0.2, 0.25) is 0 Å². The molecule has 0 aliphatic heterocycles. The van der Waals surface area contributed by atoms with Gasteiger partial charge in [-0.3, -0.25) is 9.79 Å². The van der Waals surface area contributed by atoms with Crippen LogP contribution in [0.1, 0.15) is 72.8 Å². The SMILES string of the molecule is CC#Cc1ccc(-c2ccc(C(=O)[C@H]3CC[C@H](CNC(N)=NC)C[C@@]34CC[C@H](CCCO)C4)s2)s1. The first kappa shape index (κ1) is 25.9. The van der Waals surface area contributed by atoms with E-state index in [9.17, 15) is 9.90 Å². The molecule has 1 spiro atoms. The number of rotatable bonds is 8. The summed E-state index contributed by atoms with van der Waals surface area (Å²) >= 11 is 3.31. The first-order valence-corrected chi connectivity index (χ1v) is 14.4. The van der Waals surface area contributed by atoms with Gasteiger partial charge in [-0.1, -0.05) is 5.92 Å². The van der Waals surface area contributed by atoms with Crippen LogP contribution in [-0.2, 0) is 0 Å². The lowest BCUT2D eigenvalue weighted by molar-refractivity contribution is 0.0454. The standard InChI is InChI=1S/C28H37N3O2S2/c1-3-5-21-8-10-23(34-21)24-11-12-25(35-24)26(33)22-9-7-20(18-31-27(29)30-2)17-28(22)14-13-19(16-28)6-4-15-32/h8,10-12,19-20,22,32H,4,6-7,9,13-18H2,1-2H3,(H3,29,30,31)/t19-,20-,22+,28-/m0/s1. The summed E-state index contributed by atoms with van der Waals surface area (Å²) in [6.07, 6.45) is 8.30. The van der Waals surface area contributed by atoms with Crippen LogP contribution < -0.4 is 11.1 Å². The van der Waals surface area contributed by atoms with E-state index in [0.29, 0.717) is 23.6 Å². The third-order valence-electron chi connectivity index (χ3n) is 7.89. The second kappa shape index (κ2) is 11.7. The molecule has 4 N–H and O–H groups in total. The summed E-state index contributed by atoms with van der Waals surface area (Å²) in [6.45, 7) is 2.92. The Kier molecular flexibility index (Phi) is 8.69. The summed E-state index contributed by atoms with van der Waals surface area (Å²) < 4.78 is 0. The minimum Gasteiger partial charge on any atom is -0.396 e. The van der Waals surface area contributed by atoms with E-state index in [1.165, 1.54) is 4.88 Å². The van der Waals surface area contributed by atoms with Gasteiger partial charge >= 0.3 is 0 Å². The van der Waals surface area contributed by atoms with Crippen molar-refractivity contribution in [2.24, 2.45) is 33.9 Å². The maximum absolute atomic E-state index is 13.9. The molecule has 4 atom stereocenters. The van der Waals surface area contributed by atoms with Gasteiger partial charge in [0.05, 0.1) is 9.75 Å². The van der Waals surface area contributed by atoms with E-state index in [0.717, 1.165) is 72.5 Å². The maximum atomic E-state index is 13.9. The molecule has 0 unspecified atom stereocenters. The van der Waals surface area contributed by atoms with Crippen molar-refractivity contribution in [3.05, 3.63) is 34.0 Å². The number of Topliss-reactive ketones (excluding diaryl/α,β-unsaturated/α-hetero) is 1. The zero-order valence-electron chi connectivity index (χ0n) is 20.8. The Morgan fingerprint density at radius 3 is 2.71 bits per heavy atom. The van der Waals surface area contributed by atoms with E-state index in [2.05, 4.69) is 40.3 Å². The summed E-state index contributed by atoms with van der Waals surface area (Å²) in [5.41, 5.74) is 5.94. The van der Waals surface area contributed by atoms with Gasteiger partial charge in [-0.25, -0.2) is 0 Å². The molecule has 2 aliphatic rings.